The van der Waals surface area contributed by atoms with E-state index in [2.05, 4.69) is 10.1 Å². The maximum absolute atomic E-state index is 12.8. The number of benzene rings is 2. The van der Waals surface area contributed by atoms with Gasteiger partial charge in [0.1, 0.15) is 17.5 Å². The van der Waals surface area contributed by atoms with Gasteiger partial charge in [0.05, 0.1) is 24.7 Å². The lowest BCUT2D eigenvalue weighted by molar-refractivity contribution is 0.414. The summed E-state index contributed by atoms with van der Waals surface area (Å²) in [4.78, 5) is 17.3. The quantitative estimate of drug-likeness (QED) is 0.579. The molecule has 4 aromatic rings. The highest BCUT2D eigenvalue weighted by Gasteiger charge is 2.12. The Labute approximate surface area is 143 Å². The van der Waals surface area contributed by atoms with E-state index in [9.17, 15) is 4.79 Å². The summed E-state index contributed by atoms with van der Waals surface area (Å²) in [5.74, 6) is 0.734. The van der Waals surface area contributed by atoms with Crippen molar-refractivity contribution >= 4 is 11.0 Å². The molecule has 124 valence electrons. The van der Waals surface area contributed by atoms with E-state index in [1.807, 2.05) is 55.5 Å². The smallest absolute Gasteiger partial charge is 0.269 e. The van der Waals surface area contributed by atoms with Gasteiger partial charge < -0.3 is 4.74 Å². The average molecular weight is 332 g/mol. The van der Waals surface area contributed by atoms with Crippen LogP contribution in [0.3, 0.4) is 0 Å². The number of ether oxygens (including phenoxy) is 1. The standard InChI is InChI=1S/C19H16N4O2/c1-13-3-5-15(6-4-13)23-18-17(11-21-23)19(24)22(12-20-18)14-7-9-16(25-2)10-8-14/h3-12H,1-2H3. The first-order valence-corrected chi connectivity index (χ1v) is 7.84. The Kier molecular flexibility index (Phi) is 3.57. The van der Waals surface area contributed by atoms with Crippen LogP contribution in [0.25, 0.3) is 22.4 Å². The molecule has 25 heavy (non-hydrogen) atoms. The minimum Gasteiger partial charge on any atom is -0.497 e. The molecule has 6 nitrogen and oxygen atoms in total. The molecule has 0 amide bonds. The fourth-order valence-corrected chi connectivity index (χ4v) is 2.71. The van der Waals surface area contributed by atoms with Gasteiger partial charge in [-0.1, -0.05) is 17.7 Å². The lowest BCUT2D eigenvalue weighted by Gasteiger charge is -2.07. The van der Waals surface area contributed by atoms with Crippen LogP contribution < -0.4 is 10.3 Å². The van der Waals surface area contributed by atoms with Gasteiger partial charge in [0, 0.05) is 0 Å². The fraction of sp³-hybridized carbons (Fsp3) is 0.105. The molecule has 0 aliphatic heterocycles. The van der Waals surface area contributed by atoms with E-state index in [4.69, 9.17) is 4.74 Å². The maximum atomic E-state index is 12.8. The summed E-state index contributed by atoms with van der Waals surface area (Å²) < 4.78 is 8.33. The van der Waals surface area contributed by atoms with Gasteiger partial charge in [-0.25, -0.2) is 9.67 Å². The third-order valence-corrected chi connectivity index (χ3v) is 4.12. The third kappa shape index (κ3) is 2.57. The van der Waals surface area contributed by atoms with Crippen molar-refractivity contribution in [1.82, 2.24) is 19.3 Å². The molecule has 0 bridgehead atoms. The van der Waals surface area contributed by atoms with Crippen LogP contribution in [0.1, 0.15) is 5.56 Å². The number of fused-ring (bicyclic) bond motifs is 1. The predicted octanol–water partition coefficient (Wildman–Crippen LogP) is 2.89. The van der Waals surface area contributed by atoms with E-state index in [1.54, 1.807) is 18.0 Å². The van der Waals surface area contributed by atoms with Gasteiger partial charge >= 0.3 is 0 Å². The molecule has 0 radical (unpaired) electrons. The lowest BCUT2D eigenvalue weighted by Crippen LogP contribution is -2.18. The monoisotopic (exact) mass is 332 g/mol. The summed E-state index contributed by atoms with van der Waals surface area (Å²) in [7, 11) is 1.61. The lowest BCUT2D eigenvalue weighted by atomic mass is 10.2. The van der Waals surface area contributed by atoms with E-state index in [0.29, 0.717) is 11.0 Å². The van der Waals surface area contributed by atoms with Gasteiger partial charge in [0.15, 0.2) is 5.65 Å². The van der Waals surface area contributed by atoms with Crippen LogP contribution >= 0.6 is 0 Å². The average Bonchev–Trinajstić information content (AvgIpc) is 3.08. The van der Waals surface area contributed by atoms with Crippen molar-refractivity contribution in [2.75, 3.05) is 7.11 Å². The Bertz CT molecular complexity index is 1090. The number of methoxy groups -OCH3 is 1. The minimum atomic E-state index is -0.159. The molecule has 0 aliphatic rings. The molecule has 0 spiro atoms. The Balaban J connectivity index is 1.84. The molecule has 2 aromatic heterocycles. The van der Waals surface area contributed by atoms with Gasteiger partial charge in [0.25, 0.3) is 5.56 Å². The van der Waals surface area contributed by atoms with Crippen LogP contribution in [0, 0.1) is 6.92 Å². The normalized spacial score (nSPS) is 11.0. The van der Waals surface area contributed by atoms with Crippen LogP contribution in [0.5, 0.6) is 5.75 Å². The summed E-state index contributed by atoms with van der Waals surface area (Å²) in [6, 6.07) is 15.2. The Morgan fingerprint density at radius 2 is 1.64 bits per heavy atom. The molecule has 0 aliphatic carbocycles. The molecule has 6 heteroatoms. The van der Waals surface area contributed by atoms with Crippen molar-refractivity contribution in [3.05, 3.63) is 77.0 Å². The Morgan fingerprint density at radius 3 is 2.32 bits per heavy atom. The minimum absolute atomic E-state index is 0.159. The van der Waals surface area contributed by atoms with Crippen molar-refractivity contribution in [2.24, 2.45) is 0 Å². The molecule has 0 saturated heterocycles. The summed E-state index contributed by atoms with van der Waals surface area (Å²) in [5, 5.41) is 4.81. The zero-order chi connectivity index (χ0) is 17.4. The molecule has 0 N–H and O–H groups in total. The van der Waals surface area contributed by atoms with Crippen molar-refractivity contribution in [1.29, 1.82) is 0 Å². The summed E-state index contributed by atoms with van der Waals surface area (Å²) in [6.07, 6.45) is 3.09. The van der Waals surface area contributed by atoms with Gasteiger partial charge in [-0.05, 0) is 43.3 Å². The topological polar surface area (TPSA) is 61.9 Å². The predicted molar refractivity (Wildman–Crippen MR) is 95.8 cm³/mol. The molecule has 0 fully saturated rings. The molecule has 0 unspecified atom stereocenters. The number of hydrogen-bond acceptors (Lipinski definition) is 4. The molecule has 2 aromatic carbocycles. The third-order valence-electron chi connectivity index (χ3n) is 4.12. The van der Waals surface area contributed by atoms with E-state index < -0.39 is 0 Å². The number of nitrogens with zero attached hydrogens (tertiary/aromatic N) is 4. The molecule has 4 rings (SSSR count). The molecule has 0 atom stereocenters. The van der Waals surface area contributed by atoms with Crippen LogP contribution in [-0.2, 0) is 0 Å². The first-order valence-electron chi connectivity index (χ1n) is 7.84. The first-order chi connectivity index (χ1) is 12.2. The van der Waals surface area contributed by atoms with E-state index in [-0.39, 0.29) is 5.56 Å². The molecular weight excluding hydrogens is 316 g/mol. The van der Waals surface area contributed by atoms with Crippen LogP contribution in [0.4, 0.5) is 0 Å². The zero-order valence-corrected chi connectivity index (χ0v) is 13.9. The van der Waals surface area contributed by atoms with E-state index in [1.165, 1.54) is 10.9 Å². The summed E-state index contributed by atoms with van der Waals surface area (Å²) in [5.41, 5.74) is 3.14. The van der Waals surface area contributed by atoms with Crippen molar-refractivity contribution in [3.63, 3.8) is 0 Å². The number of aromatic nitrogens is 4. The molecule has 2 heterocycles. The maximum Gasteiger partial charge on any atom is 0.269 e. The highest BCUT2D eigenvalue weighted by molar-refractivity contribution is 5.75. The summed E-state index contributed by atoms with van der Waals surface area (Å²) in [6.45, 7) is 2.02. The number of aryl methyl sites for hydroxylation is 1. The van der Waals surface area contributed by atoms with Crippen LogP contribution in [0.15, 0.2) is 65.8 Å². The van der Waals surface area contributed by atoms with Crippen molar-refractivity contribution in [2.45, 2.75) is 6.92 Å². The van der Waals surface area contributed by atoms with Gasteiger partial charge in [-0.15, -0.1) is 0 Å². The Hall–Kier alpha value is -3.41. The first kappa shape index (κ1) is 15.1. The van der Waals surface area contributed by atoms with E-state index >= 15 is 0 Å². The van der Waals surface area contributed by atoms with Gasteiger partial charge in [-0.2, -0.15) is 5.10 Å². The van der Waals surface area contributed by atoms with Crippen LogP contribution in [-0.4, -0.2) is 26.4 Å². The van der Waals surface area contributed by atoms with Crippen molar-refractivity contribution in [3.8, 4) is 17.1 Å². The van der Waals surface area contributed by atoms with Gasteiger partial charge in [-0.3, -0.25) is 9.36 Å². The number of rotatable bonds is 3. The largest absolute Gasteiger partial charge is 0.497 e. The second kappa shape index (κ2) is 5.90. The highest BCUT2D eigenvalue weighted by atomic mass is 16.5. The highest BCUT2D eigenvalue weighted by Crippen LogP contribution is 2.17. The SMILES string of the molecule is COc1ccc(-n2cnc3c(cnn3-c3ccc(C)cc3)c2=O)cc1. The second-order valence-electron chi connectivity index (χ2n) is 5.75. The van der Waals surface area contributed by atoms with Gasteiger partial charge in [0.2, 0.25) is 0 Å². The molecular formula is C19H16N4O2. The molecule has 0 saturated carbocycles. The summed E-state index contributed by atoms with van der Waals surface area (Å²) >= 11 is 0. The van der Waals surface area contributed by atoms with E-state index in [0.717, 1.165) is 22.7 Å². The van der Waals surface area contributed by atoms with Crippen molar-refractivity contribution < 1.29 is 4.74 Å². The fourth-order valence-electron chi connectivity index (χ4n) is 2.71. The van der Waals surface area contributed by atoms with Crippen LogP contribution in [0.2, 0.25) is 0 Å². The zero-order valence-electron chi connectivity index (χ0n) is 13.9. The number of hydrogen-bond donors (Lipinski definition) is 0. The second-order valence-corrected chi connectivity index (χ2v) is 5.75. The Morgan fingerprint density at radius 1 is 0.960 bits per heavy atom.